The van der Waals surface area contributed by atoms with E-state index in [0.717, 1.165) is 11.1 Å². The lowest BCUT2D eigenvalue weighted by atomic mass is 9.91. The molecule has 0 unspecified atom stereocenters. The topological polar surface area (TPSA) is 173 Å². The van der Waals surface area contributed by atoms with E-state index in [9.17, 15) is 19.5 Å². The molecule has 5 N–H and O–H groups in total. The van der Waals surface area contributed by atoms with Crippen molar-refractivity contribution in [3.8, 4) is 0 Å². The Morgan fingerprint density at radius 3 is 2.44 bits per heavy atom. The van der Waals surface area contributed by atoms with E-state index in [4.69, 9.17) is 29.2 Å². The van der Waals surface area contributed by atoms with E-state index in [2.05, 4.69) is 10.6 Å². The minimum absolute atomic E-state index is 0.0342. The molecule has 240 valence electrons. The summed E-state index contributed by atoms with van der Waals surface area (Å²) in [5.74, 6) is -2.93. The second kappa shape index (κ2) is 14.4. The first-order chi connectivity index (χ1) is 21.7. The molecular weight excluding hydrogens is 584 g/mol. The first kappa shape index (κ1) is 32.3. The molecule has 0 aromatic heterocycles. The smallest absolute Gasteiger partial charge is 0.339 e. The maximum Gasteiger partial charge on any atom is 0.339 e. The van der Waals surface area contributed by atoms with Crippen LogP contribution < -0.4 is 10.6 Å². The average Bonchev–Trinajstić information content (AvgIpc) is 3.58. The lowest BCUT2D eigenvalue weighted by Crippen LogP contribution is -2.54. The second-order valence-electron chi connectivity index (χ2n) is 11.2. The maximum atomic E-state index is 13.6. The number of hydrogen-bond donors (Lipinski definition) is 5. The van der Waals surface area contributed by atoms with Gasteiger partial charge in [-0.25, -0.2) is 4.79 Å². The molecule has 0 saturated carbocycles. The molecule has 5 rings (SSSR count). The summed E-state index contributed by atoms with van der Waals surface area (Å²) in [6, 6.07) is 13.4. The van der Waals surface area contributed by atoms with Gasteiger partial charge in [0.15, 0.2) is 5.79 Å². The monoisotopic (exact) mass is 622 g/mol. The highest BCUT2D eigenvalue weighted by molar-refractivity contribution is 5.98. The molecule has 1 heterocycles. The van der Waals surface area contributed by atoms with Gasteiger partial charge in [0.25, 0.3) is 0 Å². The summed E-state index contributed by atoms with van der Waals surface area (Å²) >= 11 is 0. The third-order valence-electron chi connectivity index (χ3n) is 7.96. The molecule has 45 heavy (non-hydrogen) atoms. The number of carbonyl (C=O) groups excluding carboxylic acids is 3. The van der Waals surface area contributed by atoms with Crippen LogP contribution in [-0.2, 0) is 41.4 Å². The van der Waals surface area contributed by atoms with Crippen LogP contribution >= 0.6 is 0 Å². The van der Waals surface area contributed by atoms with E-state index in [1.165, 1.54) is 13.2 Å². The van der Waals surface area contributed by atoms with Gasteiger partial charge in [0, 0.05) is 31.4 Å². The predicted octanol–water partition coefficient (Wildman–Crippen LogP) is 0.775. The lowest BCUT2D eigenvalue weighted by Gasteiger charge is -2.31. The standard InChI is InChI=1S/C33H38N2O10/c1-20(38)28(31(40)34-11-12-36)35-30(39)24-16-26(43-32(41)25-9-5-4-6-21(25)10-14-42-15-13-37)29-27(17-24)44-33(45-29)18-22-7-2-3-8-23(22)19-33/h2-10,14,17,20,26-29,36-38H,11-13,15-16,18-19H2,1H3,(H,34,40)(H,35,39)/t20-,26+,27+,28+,29-/m0/s1. The molecule has 0 radical (unpaired) electrons. The number of amides is 2. The minimum Gasteiger partial charge on any atom is -0.499 e. The van der Waals surface area contributed by atoms with Gasteiger partial charge in [-0.1, -0.05) is 42.5 Å². The third kappa shape index (κ3) is 7.43. The number of esters is 1. The van der Waals surface area contributed by atoms with Gasteiger partial charge in [-0.3, -0.25) is 9.59 Å². The minimum atomic E-state index is -1.29. The highest BCUT2D eigenvalue weighted by atomic mass is 16.8. The first-order valence-electron chi connectivity index (χ1n) is 14.9. The Bertz CT molecular complexity index is 1430. The molecule has 1 fully saturated rings. The van der Waals surface area contributed by atoms with Crippen LogP contribution in [0.25, 0.3) is 6.08 Å². The van der Waals surface area contributed by atoms with Crippen molar-refractivity contribution in [3.05, 3.63) is 88.7 Å². The van der Waals surface area contributed by atoms with Gasteiger partial charge in [-0.2, -0.15) is 0 Å². The molecule has 1 aliphatic heterocycles. The Morgan fingerprint density at radius 2 is 1.76 bits per heavy atom. The Balaban J connectivity index is 1.39. The normalized spacial score (nSPS) is 22.7. The summed E-state index contributed by atoms with van der Waals surface area (Å²) in [4.78, 5) is 39.7. The van der Waals surface area contributed by atoms with Crippen LogP contribution in [0.3, 0.4) is 0 Å². The molecule has 2 aromatic carbocycles. The van der Waals surface area contributed by atoms with Crippen LogP contribution in [-0.4, -0.2) is 95.7 Å². The van der Waals surface area contributed by atoms with Crippen LogP contribution in [0.4, 0.5) is 0 Å². The van der Waals surface area contributed by atoms with E-state index in [0.29, 0.717) is 18.4 Å². The number of carbonyl (C=O) groups is 3. The Hall–Kier alpha value is -4.07. The molecule has 12 nitrogen and oxygen atoms in total. The van der Waals surface area contributed by atoms with Gasteiger partial charge in [0.05, 0.1) is 31.1 Å². The van der Waals surface area contributed by atoms with Gasteiger partial charge < -0.3 is 44.9 Å². The Morgan fingerprint density at radius 1 is 1.04 bits per heavy atom. The van der Waals surface area contributed by atoms with Gasteiger partial charge >= 0.3 is 5.97 Å². The predicted molar refractivity (Wildman–Crippen MR) is 160 cm³/mol. The first-order valence-corrected chi connectivity index (χ1v) is 14.9. The fourth-order valence-electron chi connectivity index (χ4n) is 5.86. The van der Waals surface area contributed by atoms with Gasteiger partial charge in [0.2, 0.25) is 11.8 Å². The SMILES string of the molecule is C[C@H](O)[C@@H](NC(=O)C1=C[C@H]2OC3(Cc4ccccc4C3)O[C@H]2[C@H](OC(=O)c2ccccc2C=COCCO)C1)C(=O)NCCO. The van der Waals surface area contributed by atoms with Crippen molar-refractivity contribution in [2.24, 2.45) is 0 Å². The molecule has 2 aliphatic carbocycles. The molecule has 2 aromatic rings. The second-order valence-corrected chi connectivity index (χ2v) is 11.2. The lowest BCUT2D eigenvalue weighted by molar-refractivity contribution is -0.172. The summed E-state index contributed by atoms with van der Waals surface area (Å²) in [7, 11) is 0. The van der Waals surface area contributed by atoms with Crippen molar-refractivity contribution in [3.63, 3.8) is 0 Å². The van der Waals surface area contributed by atoms with Gasteiger partial charge in [-0.05, 0) is 41.8 Å². The summed E-state index contributed by atoms with van der Waals surface area (Å²) < 4.78 is 24.3. The van der Waals surface area contributed by atoms with E-state index in [-0.39, 0.29) is 43.9 Å². The highest BCUT2D eigenvalue weighted by Crippen LogP contribution is 2.45. The zero-order valence-electron chi connectivity index (χ0n) is 24.9. The van der Waals surface area contributed by atoms with Crippen molar-refractivity contribution in [2.45, 2.75) is 62.4 Å². The van der Waals surface area contributed by atoms with Crippen molar-refractivity contribution >= 4 is 23.9 Å². The van der Waals surface area contributed by atoms with Crippen LogP contribution in [0.2, 0.25) is 0 Å². The maximum absolute atomic E-state index is 13.6. The summed E-state index contributed by atoms with van der Waals surface area (Å²) in [6.45, 7) is 0.984. The van der Waals surface area contributed by atoms with E-state index in [1.54, 1.807) is 36.4 Å². The molecule has 0 bridgehead atoms. The molecule has 1 spiro atoms. The molecule has 12 heteroatoms. The molecule has 5 atom stereocenters. The fraction of sp³-hybridized carbons (Fsp3) is 0.424. The van der Waals surface area contributed by atoms with Crippen LogP contribution in [0, 0.1) is 0 Å². The molecule has 3 aliphatic rings. The average molecular weight is 623 g/mol. The fourth-order valence-corrected chi connectivity index (χ4v) is 5.86. The van der Waals surface area contributed by atoms with Crippen LogP contribution in [0.1, 0.15) is 40.4 Å². The molecular formula is C33H38N2O10. The number of aliphatic hydroxyl groups excluding tert-OH is 3. The summed E-state index contributed by atoms with van der Waals surface area (Å²) in [6.07, 6.45) is 1.95. The number of hydrogen-bond acceptors (Lipinski definition) is 10. The largest absolute Gasteiger partial charge is 0.499 e. The van der Waals surface area contributed by atoms with Crippen molar-refractivity contribution < 1.29 is 48.7 Å². The number of ether oxygens (including phenoxy) is 4. The zero-order valence-corrected chi connectivity index (χ0v) is 24.9. The van der Waals surface area contributed by atoms with Crippen molar-refractivity contribution in [2.75, 3.05) is 26.4 Å². The zero-order chi connectivity index (χ0) is 32.0. The van der Waals surface area contributed by atoms with Gasteiger partial charge in [0.1, 0.15) is 31.0 Å². The Labute approximate surface area is 260 Å². The van der Waals surface area contributed by atoms with E-state index < -0.39 is 54.0 Å². The number of rotatable bonds is 12. The van der Waals surface area contributed by atoms with Crippen LogP contribution in [0.5, 0.6) is 0 Å². The highest BCUT2D eigenvalue weighted by Gasteiger charge is 2.55. The van der Waals surface area contributed by atoms with Crippen molar-refractivity contribution in [1.82, 2.24) is 10.6 Å². The third-order valence-corrected chi connectivity index (χ3v) is 7.96. The quantitative estimate of drug-likeness (QED) is 0.129. The van der Waals surface area contributed by atoms with Gasteiger partial charge in [-0.15, -0.1) is 0 Å². The Kier molecular flexibility index (Phi) is 10.3. The summed E-state index contributed by atoms with van der Waals surface area (Å²) in [5, 5.41) is 33.3. The van der Waals surface area contributed by atoms with E-state index in [1.807, 2.05) is 24.3 Å². The molecule has 2 amide bonds. The van der Waals surface area contributed by atoms with Crippen molar-refractivity contribution in [1.29, 1.82) is 0 Å². The van der Waals surface area contributed by atoms with E-state index >= 15 is 0 Å². The number of nitrogens with one attached hydrogen (secondary N) is 2. The number of benzene rings is 2. The van der Waals surface area contributed by atoms with Crippen LogP contribution in [0.15, 0.2) is 66.4 Å². The summed E-state index contributed by atoms with van der Waals surface area (Å²) in [5.41, 5.74) is 3.17. The molecule has 1 saturated heterocycles. The number of fused-ring (bicyclic) bond motifs is 2. The number of aliphatic hydroxyl groups is 3.